The van der Waals surface area contributed by atoms with Crippen LogP contribution in [0.25, 0.3) is 11.3 Å². The van der Waals surface area contributed by atoms with E-state index in [2.05, 4.69) is 15.3 Å². The molecule has 3 rings (SSSR count). The van der Waals surface area contributed by atoms with Gasteiger partial charge in [0.15, 0.2) is 5.16 Å². The molecule has 1 atom stereocenters. The van der Waals surface area contributed by atoms with Gasteiger partial charge in [-0.25, -0.2) is 4.98 Å². The number of H-pyrrole nitrogens is 1. The van der Waals surface area contributed by atoms with Crippen LogP contribution in [0, 0.1) is 13.8 Å². The number of aryl methyl sites for hydroxylation is 2. The van der Waals surface area contributed by atoms with Gasteiger partial charge in [-0.1, -0.05) is 29.5 Å². The first-order chi connectivity index (χ1) is 13.9. The van der Waals surface area contributed by atoms with Gasteiger partial charge >= 0.3 is 0 Å². The molecule has 0 aliphatic heterocycles. The van der Waals surface area contributed by atoms with Crippen LogP contribution < -0.4 is 15.6 Å². The maximum absolute atomic E-state index is 12.6. The van der Waals surface area contributed by atoms with Crippen LogP contribution in [0.5, 0.6) is 5.75 Å². The second kappa shape index (κ2) is 8.96. The summed E-state index contributed by atoms with van der Waals surface area (Å²) in [5.74, 6) is 0.573. The lowest BCUT2D eigenvalue weighted by Gasteiger charge is -2.14. The van der Waals surface area contributed by atoms with E-state index in [9.17, 15) is 9.59 Å². The molecule has 29 heavy (non-hydrogen) atoms. The van der Waals surface area contributed by atoms with Gasteiger partial charge in [-0.15, -0.1) is 0 Å². The van der Waals surface area contributed by atoms with Gasteiger partial charge in [-0.3, -0.25) is 9.59 Å². The summed E-state index contributed by atoms with van der Waals surface area (Å²) in [6.45, 7) is 5.75. The van der Waals surface area contributed by atoms with Gasteiger partial charge in [0.05, 0.1) is 18.1 Å². The van der Waals surface area contributed by atoms with E-state index in [-0.39, 0.29) is 11.5 Å². The molecule has 0 fully saturated rings. The summed E-state index contributed by atoms with van der Waals surface area (Å²) in [6, 6.07) is 14.6. The molecule has 1 aromatic heterocycles. The summed E-state index contributed by atoms with van der Waals surface area (Å²) in [7, 11) is 1.60. The van der Waals surface area contributed by atoms with Crippen LogP contribution in [-0.4, -0.2) is 28.2 Å². The maximum atomic E-state index is 12.6. The number of thioether (sulfide) groups is 1. The number of aromatic nitrogens is 2. The Morgan fingerprint density at radius 2 is 1.86 bits per heavy atom. The number of hydrogen-bond acceptors (Lipinski definition) is 5. The second-order valence-corrected chi connectivity index (χ2v) is 8.06. The van der Waals surface area contributed by atoms with Crippen molar-refractivity contribution in [2.24, 2.45) is 0 Å². The third kappa shape index (κ3) is 5.26. The number of hydrogen-bond donors (Lipinski definition) is 2. The van der Waals surface area contributed by atoms with E-state index < -0.39 is 5.25 Å². The zero-order valence-corrected chi connectivity index (χ0v) is 17.6. The first kappa shape index (κ1) is 20.7. The maximum Gasteiger partial charge on any atom is 0.252 e. The molecular formula is C22H23N3O3S. The molecule has 150 valence electrons. The van der Waals surface area contributed by atoms with Crippen molar-refractivity contribution in [3.05, 3.63) is 70.0 Å². The Labute approximate surface area is 173 Å². The van der Waals surface area contributed by atoms with E-state index in [1.165, 1.54) is 17.8 Å². The van der Waals surface area contributed by atoms with Crippen LogP contribution in [0.1, 0.15) is 18.1 Å². The molecule has 0 bridgehead atoms. The minimum absolute atomic E-state index is 0.153. The van der Waals surface area contributed by atoms with Crippen molar-refractivity contribution in [2.75, 3.05) is 12.4 Å². The Morgan fingerprint density at radius 3 is 2.52 bits per heavy atom. The summed E-state index contributed by atoms with van der Waals surface area (Å²) in [4.78, 5) is 31.9. The van der Waals surface area contributed by atoms with Gasteiger partial charge in [0.25, 0.3) is 5.56 Å². The molecular weight excluding hydrogens is 386 g/mol. The number of amides is 1. The Balaban J connectivity index is 1.75. The van der Waals surface area contributed by atoms with Gasteiger partial charge < -0.3 is 15.0 Å². The van der Waals surface area contributed by atoms with Gasteiger partial charge in [0.2, 0.25) is 5.91 Å². The lowest BCUT2D eigenvalue weighted by atomic mass is 10.1. The molecule has 2 N–H and O–H groups in total. The van der Waals surface area contributed by atoms with Gasteiger partial charge in [-0.05, 0) is 56.7 Å². The van der Waals surface area contributed by atoms with Crippen molar-refractivity contribution < 1.29 is 9.53 Å². The number of nitrogens with zero attached hydrogens (tertiary/aromatic N) is 1. The highest BCUT2D eigenvalue weighted by Crippen LogP contribution is 2.25. The van der Waals surface area contributed by atoms with E-state index in [1.54, 1.807) is 14.0 Å². The Hall–Kier alpha value is -3.06. The zero-order chi connectivity index (χ0) is 21.0. The Morgan fingerprint density at radius 1 is 1.14 bits per heavy atom. The number of methoxy groups -OCH3 is 1. The van der Waals surface area contributed by atoms with E-state index in [0.717, 1.165) is 28.1 Å². The molecule has 1 unspecified atom stereocenters. The monoisotopic (exact) mass is 409 g/mol. The smallest absolute Gasteiger partial charge is 0.252 e. The molecule has 0 radical (unpaired) electrons. The predicted molar refractivity (Wildman–Crippen MR) is 117 cm³/mol. The summed E-state index contributed by atoms with van der Waals surface area (Å²) in [6.07, 6.45) is 0. The highest BCUT2D eigenvalue weighted by molar-refractivity contribution is 8.00. The molecule has 1 amide bonds. The number of carbonyl (C=O) groups excluding carboxylic acids is 1. The predicted octanol–water partition coefficient (Wildman–Crippen LogP) is 4.18. The standard InChI is InChI=1S/C22H23N3O3S/c1-13-5-10-18(14(2)11-13)23-21(27)15(3)29-22-24-19(12-20(26)25-22)16-6-8-17(28-4)9-7-16/h5-12,15H,1-4H3,(H,23,27)(H,24,25,26). The van der Waals surface area contributed by atoms with E-state index >= 15 is 0 Å². The third-order valence-electron chi connectivity index (χ3n) is 4.40. The lowest BCUT2D eigenvalue weighted by Crippen LogP contribution is -2.23. The molecule has 0 saturated carbocycles. The highest BCUT2D eigenvalue weighted by atomic mass is 32.2. The summed E-state index contributed by atoms with van der Waals surface area (Å²) < 4.78 is 5.16. The fraction of sp³-hybridized carbons (Fsp3) is 0.227. The quantitative estimate of drug-likeness (QED) is 0.471. The van der Waals surface area contributed by atoms with Crippen LogP contribution in [0.15, 0.2) is 58.5 Å². The van der Waals surface area contributed by atoms with Crippen LogP contribution in [0.2, 0.25) is 0 Å². The molecule has 0 aliphatic rings. The van der Waals surface area contributed by atoms with E-state index in [0.29, 0.717) is 10.9 Å². The largest absolute Gasteiger partial charge is 0.497 e. The second-order valence-electron chi connectivity index (χ2n) is 6.73. The Bertz CT molecular complexity index is 1080. The van der Waals surface area contributed by atoms with Crippen LogP contribution in [0.3, 0.4) is 0 Å². The van der Waals surface area contributed by atoms with E-state index in [1.807, 2.05) is 56.3 Å². The number of benzene rings is 2. The first-order valence-electron chi connectivity index (χ1n) is 9.16. The minimum atomic E-state index is -0.440. The number of aromatic amines is 1. The molecule has 1 heterocycles. The van der Waals surface area contributed by atoms with Crippen molar-refractivity contribution in [1.82, 2.24) is 9.97 Å². The SMILES string of the molecule is COc1ccc(-c2cc(=O)[nH]c(SC(C)C(=O)Nc3ccc(C)cc3C)n2)cc1. The molecule has 0 spiro atoms. The van der Waals surface area contributed by atoms with Crippen LogP contribution >= 0.6 is 11.8 Å². The average Bonchev–Trinajstić information content (AvgIpc) is 2.69. The van der Waals surface area contributed by atoms with Crippen LogP contribution in [0.4, 0.5) is 5.69 Å². The van der Waals surface area contributed by atoms with Crippen molar-refractivity contribution in [3.8, 4) is 17.0 Å². The van der Waals surface area contributed by atoms with Crippen LogP contribution in [-0.2, 0) is 4.79 Å². The van der Waals surface area contributed by atoms with Gasteiger partial charge in [0.1, 0.15) is 5.75 Å². The fourth-order valence-corrected chi connectivity index (χ4v) is 3.62. The third-order valence-corrected chi connectivity index (χ3v) is 5.39. The normalized spacial score (nSPS) is 11.7. The minimum Gasteiger partial charge on any atom is -0.497 e. The molecule has 7 heteroatoms. The number of anilines is 1. The molecule has 2 aromatic carbocycles. The van der Waals surface area contributed by atoms with Crippen molar-refractivity contribution in [1.29, 1.82) is 0 Å². The number of nitrogens with one attached hydrogen (secondary N) is 2. The van der Waals surface area contributed by atoms with Crippen molar-refractivity contribution >= 4 is 23.4 Å². The molecule has 6 nitrogen and oxygen atoms in total. The van der Waals surface area contributed by atoms with Gasteiger partial charge in [-0.2, -0.15) is 0 Å². The first-order valence-corrected chi connectivity index (χ1v) is 10.0. The molecule has 0 aliphatic carbocycles. The number of ether oxygens (including phenoxy) is 1. The average molecular weight is 410 g/mol. The topological polar surface area (TPSA) is 84.1 Å². The number of carbonyl (C=O) groups is 1. The van der Waals surface area contributed by atoms with Gasteiger partial charge in [0, 0.05) is 17.3 Å². The van der Waals surface area contributed by atoms with Crippen molar-refractivity contribution in [2.45, 2.75) is 31.2 Å². The van der Waals surface area contributed by atoms with E-state index in [4.69, 9.17) is 4.74 Å². The number of rotatable bonds is 6. The zero-order valence-electron chi connectivity index (χ0n) is 16.8. The van der Waals surface area contributed by atoms with Crippen molar-refractivity contribution in [3.63, 3.8) is 0 Å². The summed E-state index contributed by atoms with van der Waals surface area (Å²) in [5, 5.41) is 2.89. The molecule has 0 saturated heterocycles. The lowest BCUT2D eigenvalue weighted by molar-refractivity contribution is -0.115. The summed E-state index contributed by atoms with van der Waals surface area (Å²) >= 11 is 1.21. The highest BCUT2D eigenvalue weighted by Gasteiger charge is 2.17. The Kier molecular flexibility index (Phi) is 6.39. The fourth-order valence-electron chi connectivity index (χ4n) is 2.81. The summed E-state index contributed by atoms with van der Waals surface area (Å²) in [5.41, 5.74) is 3.99. The molecule has 3 aromatic rings.